The van der Waals surface area contributed by atoms with Gasteiger partial charge >= 0.3 is 6.09 Å². The van der Waals surface area contributed by atoms with E-state index in [1.807, 2.05) is 80.5 Å². The molecule has 0 aliphatic rings. The number of carbonyl (C=O) groups is 3. The van der Waals surface area contributed by atoms with Gasteiger partial charge in [0.05, 0.1) is 0 Å². The number of nitrogens with zero attached hydrogens (tertiary/aromatic N) is 1. The van der Waals surface area contributed by atoms with E-state index < -0.39 is 29.3 Å². The second kappa shape index (κ2) is 11.9. The van der Waals surface area contributed by atoms with E-state index in [1.54, 1.807) is 25.7 Å². The average molecular weight is 490 g/mol. The minimum absolute atomic E-state index is 0.100. The quantitative estimate of drug-likeness (QED) is 0.509. The first-order valence-electron chi connectivity index (χ1n) is 12.6. The van der Waals surface area contributed by atoms with Crippen LogP contribution in [0.25, 0.3) is 0 Å². The Morgan fingerprint density at radius 3 is 1.86 bits per heavy atom. The molecule has 0 heterocycles. The van der Waals surface area contributed by atoms with Crippen LogP contribution >= 0.6 is 0 Å². The molecular weight excluding hydrogens is 442 g/mol. The third kappa shape index (κ3) is 8.55. The van der Waals surface area contributed by atoms with Gasteiger partial charge in [0.15, 0.2) is 0 Å². The topological polar surface area (TPSA) is 87.7 Å². The van der Waals surface area contributed by atoms with Gasteiger partial charge in [0.2, 0.25) is 11.8 Å². The van der Waals surface area contributed by atoms with Crippen LogP contribution in [0.1, 0.15) is 98.4 Å². The van der Waals surface area contributed by atoms with Crippen molar-refractivity contribution in [2.75, 3.05) is 0 Å². The van der Waals surface area contributed by atoms with Crippen LogP contribution in [-0.2, 0) is 14.3 Å². The fourth-order valence-corrected chi connectivity index (χ4v) is 4.11. The van der Waals surface area contributed by atoms with Crippen LogP contribution in [0.3, 0.4) is 0 Å². The fourth-order valence-electron chi connectivity index (χ4n) is 4.11. The Morgan fingerprint density at radius 1 is 0.943 bits per heavy atom. The van der Waals surface area contributed by atoms with Gasteiger partial charge in [0, 0.05) is 11.6 Å². The average Bonchev–Trinajstić information content (AvgIpc) is 2.67. The Bertz CT molecular complexity index is 876. The van der Waals surface area contributed by atoms with Gasteiger partial charge in [-0.25, -0.2) is 4.79 Å². The van der Waals surface area contributed by atoms with Crippen molar-refractivity contribution in [1.82, 2.24) is 15.5 Å². The molecular formula is C28H47N3O4. The molecule has 0 aliphatic carbocycles. The Labute approximate surface area is 212 Å². The molecule has 3 atom stereocenters. The summed E-state index contributed by atoms with van der Waals surface area (Å²) in [4.78, 5) is 42.3. The van der Waals surface area contributed by atoms with Gasteiger partial charge in [-0.1, -0.05) is 38.5 Å². The lowest BCUT2D eigenvalue weighted by Gasteiger charge is -2.44. The fraction of sp³-hybridized carbons (Fsp3) is 0.679. The Hall–Kier alpha value is -2.57. The third-order valence-corrected chi connectivity index (χ3v) is 5.86. The van der Waals surface area contributed by atoms with Gasteiger partial charge in [0.25, 0.3) is 0 Å². The van der Waals surface area contributed by atoms with Crippen molar-refractivity contribution in [2.24, 2.45) is 5.92 Å². The number of hydrogen-bond donors (Lipinski definition) is 2. The SMILES string of the molecule is CCC(C)C(NC(=O)OC(C)(C)C)C(=O)N(C(C(=O)NC(C)C)c1c(C)cccc1C)C(C)(C)C. The summed E-state index contributed by atoms with van der Waals surface area (Å²) in [6.07, 6.45) is 0.0106. The van der Waals surface area contributed by atoms with Gasteiger partial charge in [-0.05, 0) is 91.8 Å². The summed E-state index contributed by atoms with van der Waals surface area (Å²) in [5.74, 6) is -0.739. The summed E-state index contributed by atoms with van der Waals surface area (Å²) in [6.45, 7) is 22.7. The number of nitrogens with one attached hydrogen (secondary N) is 2. The van der Waals surface area contributed by atoms with Crippen molar-refractivity contribution in [3.05, 3.63) is 34.9 Å². The van der Waals surface area contributed by atoms with Gasteiger partial charge < -0.3 is 20.3 Å². The number of alkyl carbamates (subject to hydrolysis) is 1. The van der Waals surface area contributed by atoms with Crippen molar-refractivity contribution < 1.29 is 19.1 Å². The van der Waals surface area contributed by atoms with E-state index in [2.05, 4.69) is 10.6 Å². The van der Waals surface area contributed by atoms with Crippen LogP contribution in [-0.4, -0.2) is 46.0 Å². The van der Waals surface area contributed by atoms with E-state index in [0.29, 0.717) is 6.42 Å². The van der Waals surface area contributed by atoms with Gasteiger partial charge in [-0.15, -0.1) is 0 Å². The molecule has 0 bridgehead atoms. The van der Waals surface area contributed by atoms with Crippen molar-refractivity contribution in [3.8, 4) is 0 Å². The minimum Gasteiger partial charge on any atom is -0.444 e. The lowest BCUT2D eigenvalue weighted by atomic mass is 9.88. The first kappa shape index (κ1) is 30.5. The predicted molar refractivity (Wildman–Crippen MR) is 141 cm³/mol. The lowest BCUT2D eigenvalue weighted by molar-refractivity contribution is -0.149. The molecule has 1 rings (SSSR count). The van der Waals surface area contributed by atoms with Crippen LogP contribution in [0.2, 0.25) is 0 Å². The van der Waals surface area contributed by atoms with Crippen LogP contribution in [0, 0.1) is 19.8 Å². The largest absolute Gasteiger partial charge is 0.444 e. The molecule has 0 spiro atoms. The number of hydrogen-bond acceptors (Lipinski definition) is 4. The monoisotopic (exact) mass is 489 g/mol. The molecule has 0 radical (unpaired) electrons. The van der Waals surface area contributed by atoms with Crippen LogP contribution in [0.5, 0.6) is 0 Å². The summed E-state index contributed by atoms with van der Waals surface area (Å²) < 4.78 is 5.46. The number of aryl methyl sites for hydroxylation is 2. The number of rotatable bonds is 8. The maximum Gasteiger partial charge on any atom is 0.408 e. The van der Waals surface area contributed by atoms with E-state index in [1.165, 1.54) is 0 Å². The summed E-state index contributed by atoms with van der Waals surface area (Å²) in [7, 11) is 0. The third-order valence-electron chi connectivity index (χ3n) is 5.86. The molecule has 35 heavy (non-hydrogen) atoms. The molecule has 0 aliphatic heterocycles. The first-order chi connectivity index (χ1) is 15.9. The molecule has 1 aromatic rings. The van der Waals surface area contributed by atoms with E-state index >= 15 is 0 Å². The molecule has 0 aromatic heterocycles. The summed E-state index contributed by atoms with van der Waals surface area (Å²) in [5, 5.41) is 5.82. The molecule has 1 aromatic carbocycles. The van der Waals surface area contributed by atoms with E-state index in [9.17, 15) is 14.4 Å². The molecule has 3 amide bonds. The zero-order valence-corrected chi connectivity index (χ0v) is 23.8. The van der Waals surface area contributed by atoms with Crippen LogP contribution < -0.4 is 10.6 Å². The lowest BCUT2D eigenvalue weighted by Crippen LogP contribution is -2.60. The predicted octanol–water partition coefficient (Wildman–Crippen LogP) is 5.44. The maximum atomic E-state index is 14.3. The second-order valence-corrected chi connectivity index (χ2v) is 11.8. The zero-order chi connectivity index (χ0) is 27.3. The van der Waals surface area contributed by atoms with Crippen LogP contribution in [0.4, 0.5) is 4.79 Å². The Kier molecular flexibility index (Phi) is 10.4. The van der Waals surface area contributed by atoms with Gasteiger partial charge in [-0.3, -0.25) is 9.59 Å². The van der Waals surface area contributed by atoms with Crippen LogP contribution in [0.15, 0.2) is 18.2 Å². The van der Waals surface area contributed by atoms with E-state index in [4.69, 9.17) is 4.74 Å². The standard InChI is InChI=1S/C28H47N3O4/c1-13-18(4)22(30-26(34)35-28(10,11)12)25(33)31(27(7,8)9)23(24(32)29-17(2)3)21-19(5)15-14-16-20(21)6/h14-18,22-23H,13H2,1-12H3,(H,29,32)(H,30,34). The maximum absolute atomic E-state index is 14.3. The van der Waals surface area contributed by atoms with Crippen molar-refractivity contribution in [2.45, 2.75) is 119 Å². The highest BCUT2D eigenvalue weighted by molar-refractivity contribution is 5.93. The van der Waals surface area contributed by atoms with E-state index in [0.717, 1.165) is 16.7 Å². The smallest absolute Gasteiger partial charge is 0.408 e. The molecule has 0 saturated heterocycles. The van der Waals surface area contributed by atoms with Crippen molar-refractivity contribution in [1.29, 1.82) is 0 Å². The molecule has 0 saturated carbocycles. The number of carbonyl (C=O) groups excluding carboxylic acids is 3. The van der Waals surface area contributed by atoms with Crippen molar-refractivity contribution >= 4 is 17.9 Å². The molecule has 7 nitrogen and oxygen atoms in total. The molecule has 0 fully saturated rings. The summed E-state index contributed by atoms with van der Waals surface area (Å²) in [6, 6.07) is 4.03. The number of amides is 3. The number of ether oxygens (including phenoxy) is 1. The van der Waals surface area contributed by atoms with Crippen molar-refractivity contribution in [3.63, 3.8) is 0 Å². The normalized spacial score (nSPS) is 14.7. The van der Waals surface area contributed by atoms with Gasteiger partial charge in [-0.2, -0.15) is 0 Å². The highest BCUT2D eigenvalue weighted by Crippen LogP contribution is 2.34. The summed E-state index contributed by atoms with van der Waals surface area (Å²) >= 11 is 0. The molecule has 3 unspecified atom stereocenters. The molecule has 198 valence electrons. The second-order valence-electron chi connectivity index (χ2n) is 11.8. The summed E-state index contributed by atoms with van der Waals surface area (Å²) in [5.41, 5.74) is 1.24. The zero-order valence-electron chi connectivity index (χ0n) is 23.8. The molecule has 7 heteroatoms. The Balaban J connectivity index is 3.70. The minimum atomic E-state index is -0.863. The molecule has 2 N–H and O–H groups in total. The Morgan fingerprint density at radius 2 is 1.46 bits per heavy atom. The first-order valence-corrected chi connectivity index (χ1v) is 12.6. The highest BCUT2D eigenvalue weighted by atomic mass is 16.6. The van der Waals surface area contributed by atoms with Gasteiger partial charge in [0.1, 0.15) is 17.7 Å². The highest BCUT2D eigenvalue weighted by Gasteiger charge is 2.44. The number of benzene rings is 1. The van der Waals surface area contributed by atoms with E-state index in [-0.39, 0.29) is 23.8 Å².